The van der Waals surface area contributed by atoms with Crippen LogP contribution in [-0.2, 0) is 4.79 Å². The van der Waals surface area contributed by atoms with Crippen molar-refractivity contribution in [2.24, 2.45) is 0 Å². The number of nitro benzene ring substituents is 1. The fourth-order valence-corrected chi connectivity index (χ4v) is 3.21. The van der Waals surface area contributed by atoms with Gasteiger partial charge in [0.05, 0.1) is 10.2 Å². The number of benzene rings is 2. The van der Waals surface area contributed by atoms with Crippen LogP contribution in [0.3, 0.4) is 0 Å². The third-order valence-corrected chi connectivity index (χ3v) is 5.14. The summed E-state index contributed by atoms with van der Waals surface area (Å²) in [5.74, 6) is 0.391. The summed E-state index contributed by atoms with van der Waals surface area (Å²) in [6.07, 6.45) is 0. The largest absolute Gasteiger partial charge is 0.411 e. The summed E-state index contributed by atoms with van der Waals surface area (Å²) in [6, 6.07) is 13.7. The van der Waals surface area contributed by atoms with E-state index in [1.54, 1.807) is 19.1 Å². The van der Waals surface area contributed by atoms with Crippen molar-refractivity contribution in [1.82, 2.24) is 10.2 Å². The molecule has 2 aromatic carbocycles. The first-order valence-electron chi connectivity index (χ1n) is 8.99. The highest BCUT2D eigenvalue weighted by molar-refractivity contribution is 8.00. The van der Waals surface area contributed by atoms with Crippen LogP contribution in [0.1, 0.15) is 32.3 Å². The van der Waals surface area contributed by atoms with E-state index in [1.807, 2.05) is 24.3 Å². The van der Waals surface area contributed by atoms with Crippen LogP contribution in [0.2, 0.25) is 0 Å². The van der Waals surface area contributed by atoms with Gasteiger partial charge in [0.1, 0.15) is 0 Å². The van der Waals surface area contributed by atoms with Gasteiger partial charge in [-0.1, -0.05) is 43.8 Å². The van der Waals surface area contributed by atoms with E-state index < -0.39 is 10.2 Å². The van der Waals surface area contributed by atoms with Crippen LogP contribution < -0.4 is 5.32 Å². The van der Waals surface area contributed by atoms with Crippen LogP contribution in [0.4, 0.5) is 11.4 Å². The maximum atomic E-state index is 12.4. The molecule has 3 aromatic rings. The molecule has 29 heavy (non-hydrogen) atoms. The van der Waals surface area contributed by atoms with E-state index >= 15 is 0 Å². The number of thioether (sulfide) groups is 1. The first-order valence-corrected chi connectivity index (χ1v) is 9.87. The number of hydrogen-bond acceptors (Lipinski definition) is 7. The summed E-state index contributed by atoms with van der Waals surface area (Å²) < 4.78 is 5.56. The lowest BCUT2D eigenvalue weighted by atomic mass is 10.0. The van der Waals surface area contributed by atoms with E-state index in [0.29, 0.717) is 11.5 Å². The average Bonchev–Trinajstić information content (AvgIpc) is 3.17. The maximum absolute atomic E-state index is 12.4. The quantitative estimate of drug-likeness (QED) is 0.334. The molecule has 1 amide bonds. The molecule has 0 radical (unpaired) electrons. The molecule has 0 aliphatic heterocycles. The molecule has 0 aliphatic rings. The Morgan fingerprint density at radius 2 is 1.86 bits per heavy atom. The fourth-order valence-electron chi connectivity index (χ4n) is 2.53. The van der Waals surface area contributed by atoms with Crippen molar-refractivity contribution >= 4 is 29.0 Å². The zero-order chi connectivity index (χ0) is 21.0. The monoisotopic (exact) mass is 412 g/mol. The van der Waals surface area contributed by atoms with Crippen molar-refractivity contribution in [2.45, 2.75) is 37.2 Å². The predicted molar refractivity (Wildman–Crippen MR) is 111 cm³/mol. The van der Waals surface area contributed by atoms with Gasteiger partial charge in [0.15, 0.2) is 0 Å². The van der Waals surface area contributed by atoms with Gasteiger partial charge in [0.25, 0.3) is 10.9 Å². The molecule has 1 N–H and O–H groups in total. The van der Waals surface area contributed by atoms with Crippen LogP contribution in [0.5, 0.6) is 0 Å². The van der Waals surface area contributed by atoms with Crippen molar-refractivity contribution in [2.75, 3.05) is 5.32 Å². The van der Waals surface area contributed by atoms with Gasteiger partial charge in [-0.05, 0) is 36.6 Å². The van der Waals surface area contributed by atoms with E-state index in [1.165, 1.54) is 17.7 Å². The molecule has 150 valence electrons. The standard InChI is InChI=1S/C20H20N4O4S/c1-12(2)14-7-9-16(10-8-14)21-18(25)13(3)29-20-23-22-19(28-20)15-5-4-6-17(11-15)24(26)27/h4-13H,1-3H3,(H,21,25)/t13-/m0/s1. The summed E-state index contributed by atoms with van der Waals surface area (Å²) in [7, 11) is 0. The second-order valence-corrected chi connectivity index (χ2v) is 8.00. The second kappa shape index (κ2) is 8.87. The van der Waals surface area contributed by atoms with Crippen LogP contribution in [0.15, 0.2) is 58.2 Å². The smallest absolute Gasteiger partial charge is 0.277 e. The van der Waals surface area contributed by atoms with Crippen molar-refractivity contribution < 1.29 is 14.1 Å². The molecule has 0 saturated carbocycles. The van der Waals surface area contributed by atoms with Gasteiger partial charge in [-0.3, -0.25) is 14.9 Å². The Morgan fingerprint density at radius 3 is 2.52 bits per heavy atom. The van der Waals surface area contributed by atoms with Gasteiger partial charge >= 0.3 is 0 Å². The minimum Gasteiger partial charge on any atom is -0.411 e. The Bertz CT molecular complexity index is 1020. The molecule has 1 heterocycles. The number of nitro groups is 1. The molecule has 9 heteroatoms. The Kier molecular flexibility index (Phi) is 6.28. The molecule has 8 nitrogen and oxygen atoms in total. The predicted octanol–water partition coefficient (Wildman–Crippen LogP) is 4.89. The van der Waals surface area contributed by atoms with E-state index in [9.17, 15) is 14.9 Å². The van der Waals surface area contributed by atoms with Gasteiger partial charge in [0.2, 0.25) is 11.8 Å². The molecule has 0 spiro atoms. The Hall–Kier alpha value is -3.20. The summed E-state index contributed by atoms with van der Waals surface area (Å²) in [5, 5.41) is 21.3. The Balaban J connectivity index is 1.63. The number of hydrogen-bond donors (Lipinski definition) is 1. The third-order valence-electron chi connectivity index (χ3n) is 4.20. The van der Waals surface area contributed by atoms with E-state index in [4.69, 9.17) is 4.42 Å². The molecular weight excluding hydrogens is 392 g/mol. The first-order chi connectivity index (χ1) is 13.8. The lowest BCUT2D eigenvalue weighted by molar-refractivity contribution is -0.384. The van der Waals surface area contributed by atoms with Crippen molar-refractivity contribution in [3.8, 4) is 11.5 Å². The van der Waals surface area contributed by atoms with E-state index in [2.05, 4.69) is 29.4 Å². The number of rotatable bonds is 7. The summed E-state index contributed by atoms with van der Waals surface area (Å²) in [5.41, 5.74) is 2.30. The molecule has 1 atom stereocenters. The third kappa shape index (κ3) is 5.20. The SMILES string of the molecule is CC(C)c1ccc(NC(=O)[C@H](C)Sc2nnc(-c3cccc([N+](=O)[O-])c3)o2)cc1. The normalized spacial score (nSPS) is 12.0. The lowest BCUT2D eigenvalue weighted by Gasteiger charge is -2.11. The van der Waals surface area contributed by atoms with Gasteiger partial charge in [-0.2, -0.15) is 0 Å². The number of nitrogens with zero attached hydrogens (tertiary/aromatic N) is 3. The van der Waals surface area contributed by atoms with Gasteiger partial charge in [0, 0.05) is 23.4 Å². The van der Waals surface area contributed by atoms with Crippen molar-refractivity contribution in [3.63, 3.8) is 0 Å². The molecule has 0 bridgehead atoms. The number of non-ortho nitro benzene ring substituents is 1. The number of carbonyl (C=O) groups is 1. The van der Waals surface area contributed by atoms with Gasteiger partial charge < -0.3 is 9.73 Å². The summed E-state index contributed by atoms with van der Waals surface area (Å²) >= 11 is 1.12. The average molecular weight is 412 g/mol. The first kappa shape index (κ1) is 20.5. The maximum Gasteiger partial charge on any atom is 0.277 e. The lowest BCUT2D eigenvalue weighted by Crippen LogP contribution is -2.22. The molecule has 3 rings (SSSR count). The highest BCUT2D eigenvalue weighted by Gasteiger charge is 2.19. The summed E-state index contributed by atoms with van der Waals surface area (Å²) in [4.78, 5) is 22.8. The zero-order valence-electron chi connectivity index (χ0n) is 16.2. The molecular formula is C20H20N4O4S. The fraction of sp³-hybridized carbons (Fsp3) is 0.250. The molecule has 0 saturated heterocycles. The molecule has 0 aliphatic carbocycles. The highest BCUT2D eigenvalue weighted by Crippen LogP contribution is 2.28. The number of carbonyl (C=O) groups excluding carboxylic acids is 1. The Morgan fingerprint density at radius 1 is 1.14 bits per heavy atom. The number of aromatic nitrogens is 2. The van der Waals surface area contributed by atoms with Crippen molar-refractivity contribution in [3.05, 3.63) is 64.2 Å². The van der Waals surface area contributed by atoms with Crippen LogP contribution in [0.25, 0.3) is 11.5 Å². The zero-order valence-corrected chi connectivity index (χ0v) is 17.0. The Labute approximate surface area is 171 Å². The molecule has 1 aromatic heterocycles. The molecule has 0 fully saturated rings. The number of amides is 1. The van der Waals surface area contributed by atoms with Crippen molar-refractivity contribution in [1.29, 1.82) is 0 Å². The number of anilines is 1. The van der Waals surface area contributed by atoms with Crippen LogP contribution in [0, 0.1) is 10.1 Å². The highest BCUT2D eigenvalue weighted by atomic mass is 32.2. The van der Waals surface area contributed by atoms with Crippen LogP contribution >= 0.6 is 11.8 Å². The van der Waals surface area contributed by atoms with E-state index in [0.717, 1.165) is 17.4 Å². The number of nitrogens with one attached hydrogen (secondary N) is 1. The topological polar surface area (TPSA) is 111 Å². The molecule has 0 unspecified atom stereocenters. The minimum absolute atomic E-state index is 0.0638. The van der Waals surface area contributed by atoms with Gasteiger partial charge in [-0.25, -0.2) is 0 Å². The second-order valence-electron chi connectivity index (χ2n) is 6.71. The van der Waals surface area contributed by atoms with Gasteiger partial charge in [-0.15, -0.1) is 10.2 Å². The minimum atomic E-state index is -0.490. The van der Waals surface area contributed by atoms with E-state index in [-0.39, 0.29) is 22.7 Å². The van der Waals surface area contributed by atoms with Crippen LogP contribution in [-0.4, -0.2) is 26.3 Å². The summed E-state index contributed by atoms with van der Waals surface area (Å²) in [6.45, 7) is 5.96.